The number of nitrogens with zero attached hydrogens (tertiary/aromatic N) is 2. The Morgan fingerprint density at radius 2 is 1.64 bits per heavy atom. The molecule has 1 fully saturated rings. The molecular formula is C16H20N2O4. The second-order valence-electron chi connectivity index (χ2n) is 5.42. The number of benzene rings is 1. The molecule has 118 valence electrons. The van der Waals surface area contributed by atoms with Crippen molar-refractivity contribution in [2.75, 3.05) is 13.2 Å². The predicted octanol–water partition coefficient (Wildman–Crippen LogP) is 1.96. The third kappa shape index (κ3) is 3.17. The molecule has 0 aromatic heterocycles. The van der Waals surface area contributed by atoms with Crippen molar-refractivity contribution in [2.45, 2.75) is 32.9 Å². The fourth-order valence-corrected chi connectivity index (χ4v) is 2.32. The summed E-state index contributed by atoms with van der Waals surface area (Å²) in [4.78, 5) is 38.4. The van der Waals surface area contributed by atoms with Gasteiger partial charge in [0.05, 0.1) is 25.3 Å². The number of hydrogen-bond donors (Lipinski definition) is 0. The van der Waals surface area contributed by atoms with Crippen LogP contribution in [-0.2, 0) is 14.3 Å². The van der Waals surface area contributed by atoms with Crippen molar-refractivity contribution in [3.05, 3.63) is 35.9 Å². The van der Waals surface area contributed by atoms with Gasteiger partial charge in [0.1, 0.15) is 0 Å². The molecule has 2 rings (SSSR count). The van der Waals surface area contributed by atoms with Gasteiger partial charge in [0.15, 0.2) is 0 Å². The van der Waals surface area contributed by atoms with E-state index in [-0.39, 0.29) is 19.3 Å². The normalized spacial score (nSPS) is 16.8. The maximum absolute atomic E-state index is 12.4. The third-order valence-electron chi connectivity index (χ3n) is 3.52. The van der Waals surface area contributed by atoms with Crippen LogP contribution in [0.1, 0.15) is 32.4 Å². The van der Waals surface area contributed by atoms with E-state index in [0.717, 1.165) is 15.4 Å². The maximum Gasteiger partial charge on any atom is 0.334 e. The number of imide groups is 2. The lowest BCUT2D eigenvalue weighted by atomic mass is 10.1. The van der Waals surface area contributed by atoms with Gasteiger partial charge in [-0.15, -0.1) is 0 Å². The van der Waals surface area contributed by atoms with Gasteiger partial charge in [-0.2, -0.15) is 0 Å². The van der Waals surface area contributed by atoms with E-state index in [1.54, 1.807) is 6.92 Å². The zero-order valence-electron chi connectivity index (χ0n) is 13.0. The maximum atomic E-state index is 12.4. The van der Waals surface area contributed by atoms with E-state index in [1.807, 2.05) is 44.2 Å². The van der Waals surface area contributed by atoms with Crippen LogP contribution in [0.5, 0.6) is 0 Å². The van der Waals surface area contributed by atoms with E-state index >= 15 is 0 Å². The molecule has 6 nitrogen and oxygen atoms in total. The Kier molecular flexibility index (Phi) is 4.92. The molecule has 1 atom stereocenters. The highest BCUT2D eigenvalue weighted by Gasteiger charge is 2.46. The van der Waals surface area contributed by atoms with Gasteiger partial charge in [-0.25, -0.2) is 9.69 Å². The minimum Gasteiger partial charge on any atom is -0.377 e. The zero-order valence-corrected chi connectivity index (χ0v) is 13.0. The van der Waals surface area contributed by atoms with Crippen LogP contribution < -0.4 is 0 Å². The zero-order chi connectivity index (χ0) is 16.3. The molecule has 6 heteroatoms. The Labute approximate surface area is 129 Å². The lowest BCUT2D eigenvalue weighted by Crippen LogP contribution is -2.37. The molecule has 1 aliphatic heterocycles. The van der Waals surface area contributed by atoms with E-state index in [2.05, 4.69) is 0 Å². The molecule has 22 heavy (non-hydrogen) atoms. The Bertz CT molecular complexity index is 571. The molecule has 1 unspecified atom stereocenters. The largest absolute Gasteiger partial charge is 0.377 e. The molecule has 1 aromatic carbocycles. The average Bonchev–Trinajstić information content (AvgIpc) is 2.71. The summed E-state index contributed by atoms with van der Waals surface area (Å²) in [5.74, 6) is -1.58. The van der Waals surface area contributed by atoms with Crippen molar-refractivity contribution in [1.82, 2.24) is 9.80 Å². The van der Waals surface area contributed by atoms with Crippen LogP contribution in [0.4, 0.5) is 4.79 Å². The molecule has 4 amide bonds. The first kappa shape index (κ1) is 16.2. The summed E-state index contributed by atoms with van der Waals surface area (Å²) in [7, 11) is 0. The van der Waals surface area contributed by atoms with E-state index in [0.29, 0.717) is 0 Å². The van der Waals surface area contributed by atoms with Crippen LogP contribution in [0.25, 0.3) is 0 Å². The molecule has 0 radical (unpaired) electrons. The van der Waals surface area contributed by atoms with Gasteiger partial charge in [0.25, 0.3) is 0 Å². The smallest absolute Gasteiger partial charge is 0.334 e. The van der Waals surface area contributed by atoms with Crippen LogP contribution in [-0.4, -0.2) is 46.9 Å². The van der Waals surface area contributed by atoms with Crippen LogP contribution in [0.2, 0.25) is 0 Å². The molecule has 1 aromatic rings. The molecule has 0 bridgehead atoms. The van der Waals surface area contributed by atoms with Crippen molar-refractivity contribution < 1.29 is 19.1 Å². The summed E-state index contributed by atoms with van der Waals surface area (Å²) in [6.45, 7) is 5.76. The first-order chi connectivity index (χ1) is 10.4. The van der Waals surface area contributed by atoms with Crippen LogP contribution in [0.15, 0.2) is 30.3 Å². The Morgan fingerprint density at radius 1 is 1.00 bits per heavy atom. The van der Waals surface area contributed by atoms with Crippen molar-refractivity contribution in [3.8, 4) is 0 Å². The van der Waals surface area contributed by atoms with E-state index in [1.165, 1.54) is 0 Å². The summed E-state index contributed by atoms with van der Waals surface area (Å²) in [5.41, 5.74) is 0.803. The fourth-order valence-electron chi connectivity index (χ4n) is 2.32. The minimum absolute atomic E-state index is 0.00264. The standard InChI is InChI=1S/C16H20N2O4/c1-11(2)22-10-9-17-14(19)15(20)18(16(17)21)12(3)13-7-5-4-6-8-13/h4-8,11-12H,9-10H2,1-3H3. The SMILES string of the molecule is CC(C)OCCN1C(=O)C(=O)N(C(C)c2ccccc2)C1=O. The molecule has 0 saturated carbocycles. The van der Waals surface area contributed by atoms with E-state index in [4.69, 9.17) is 4.74 Å². The second kappa shape index (κ2) is 6.70. The average molecular weight is 304 g/mol. The monoisotopic (exact) mass is 304 g/mol. The number of carbonyl (C=O) groups excluding carboxylic acids is 3. The molecule has 0 spiro atoms. The van der Waals surface area contributed by atoms with Gasteiger partial charge in [0.2, 0.25) is 0 Å². The number of carbonyl (C=O) groups is 3. The van der Waals surface area contributed by atoms with E-state index in [9.17, 15) is 14.4 Å². The highest BCUT2D eigenvalue weighted by atomic mass is 16.5. The molecule has 1 saturated heterocycles. The Morgan fingerprint density at radius 3 is 2.23 bits per heavy atom. The number of amides is 4. The number of rotatable bonds is 6. The van der Waals surface area contributed by atoms with Crippen LogP contribution in [0.3, 0.4) is 0 Å². The summed E-state index contributed by atoms with van der Waals surface area (Å²) in [6, 6.07) is 8.07. The van der Waals surface area contributed by atoms with Gasteiger partial charge in [-0.1, -0.05) is 30.3 Å². The topological polar surface area (TPSA) is 66.9 Å². The molecule has 1 heterocycles. The van der Waals surface area contributed by atoms with Crippen LogP contribution >= 0.6 is 0 Å². The predicted molar refractivity (Wildman–Crippen MR) is 79.9 cm³/mol. The number of hydrogen-bond acceptors (Lipinski definition) is 4. The Balaban J connectivity index is 2.12. The number of urea groups is 1. The van der Waals surface area contributed by atoms with E-state index < -0.39 is 23.9 Å². The molecule has 0 N–H and O–H groups in total. The summed E-state index contributed by atoms with van der Waals surface area (Å²) >= 11 is 0. The van der Waals surface area contributed by atoms with Gasteiger partial charge in [-0.05, 0) is 26.3 Å². The Hall–Kier alpha value is -2.21. The molecule has 0 aliphatic carbocycles. The van der Waals surface area contributed by atoms with Crippen molar-refractivity contribution in [3.63, 3.8) is 0 Å². The first-order valence-electron chi connectivity index (χ1n) is 7.29. The first-order valence-corrected chi connectivity index (χ1v) is 7.29. The van der Waals surface area contributed by atoms with Crippen molar-refractivity contribution in [1.29, 1.82) is 0 Å². The summed E-state index contributed by atoms with van der Waals surface area (Å²) in [5, 5.41) is 0. The molecular weight excluding hydrogens is 284 g/mol. The molecule has 1 aliphatic rings. The van der Waals surface area contributed by atoms with Crippen LogP contribution in [0, 0.1) is 0 Å². The fraction of sp³-hybridized carbons (Fsp3) is 0.438. The highest BCUT2D eigenvalue weighted by molar-refractivity contribution is 6.44. The lowest BCUT2D eigenvalue weighted by Gasteiger charge is -2.22. The van der Waals surface area contributed by atoms with Gasteiger partial charge >= 0.3 is 17.8 Å². The number of ether oxygens (including phenoxy) is 1. The quantitative estimate of drug-likeness (QED) is 0.595. The van der Waals surface area contributed by atoms with Gasteiger partial charge < -0.3 is 4.74 Å². The van der Waals surface area contributed by atoms with Crippen molar-refractivity contribution in [2.24, 2.45) is 0 Å². The summed E-state index contributed by atoms with van der Waals surface area (Å²) < 4.78 is 5.34. The van der Waals surface area contributed by atoms with Gasteiger partial charge in [0, 0.05) is 0 Å². The minimum atomic E-state index is -0.792. The summed E-state index contributed by atoms with van der Waals surface area (Å²) in [6.07, 6.45) is 0.00264. The second-order valence-corrected chi connectivity index (χ2v) is 5.42. The van der Waals surface area contributed by atoms with Gasteiger partial charge in [-0.3, -0.25) is 14.5 Å². The van der Waals surface area contributed by atoms with Crippen molar-refractivity contribution >= 4 is 17.8 Å². The lowest BCUT2D eigenvalue weighted by molar-refractivity contribution is -0.144. The highest BCUT2D eigenvalue weighted by Crippen LogP contribution is 2.25. The third-order valence-corrected chi connectivity index (χ3v) is 3.52.